The smallest absolute Gasteiger partial charge is 0.136 e. The van der Waals surface area contributed by atoms with E-state index in [1.165, 1.54) is 11.6 Å². The molecule has 0 N–H and O–H groups in total. The van der Waals surface area contributed by atoms with Gasteiger partial charge in [0, 0.05) is 3.57 Å². The Labute approximate surface area is 86.3 Å². The van der Waals surface area contributed by atoms with Gasteiger partial charge in [-0.2, -0.15) is 0 Å². The fraction of sp³-hybridized carbons (Fsp3) is 0.400. The summed E-state index contributed by atoms with van der Waals surface area (Å²) in [5.74, 6) is -0.136. The summed E-state index contributed by atoms with van der Waals surface area (Å²) in [5, 5.41) is 0. The standard InChI is InChI=1S/C10H12FI/c1-10(2,3)7-4-5-8(11)9(12)6-7/h4-6H,1-3H3. The van der Waals surface area contributed by atoms with Crippen LogP contribution in [-0.2, 0) is 5.41 Å². The van der Waals surface area contributed by atoms with E-state index in [-0.39, 0.29) is 11.2 Å². The minimum Gasteiger partial charge on any atom is -0.206 e. The largest absolute Gasteiger partial charge is 0.206 e. The van der Waals surface area contributed by atoms with Gasteiger partial charge in [0.05, 0.1) is 0 Å². The molecule has 0 bridgehead atoms. The third kappa shape index (κ3) is 2.19. The molecule has 66 valence electrons. The number of halogens is 2. The molecule has 1 aromatic carbocycles. The van der Waals surface area contributed by atoms with E-state index in [1.807, 2.05) is 34.7 Å². The number of benzene rings is 1. The molecular formula is C10H12FI. The maximum absolute atomic E-state index is 12.9. The summed E-state index contributed by atoms with van der Waals surface area (Å²) in [7, 11) is 0. The number of rotatable bonds is 0. The zero-order valence-electron chi connectivity index (χ0n) is 7.49. The third-order valence-electron chi connectivity index (χ3n) is 1.79. The van der Waals surface area contributed by atoms with Gasteiger partial charge in [-0.25, -0.2) is 4.39 Å². The van der Waals surface area contributed by atoms with Crippen LogP contribution in [0.2, 0.25) is 0 Å². The average Bonchev–Trinajstić information content (AvgIpc) is 1.92. The zero-order chi connectivity index (χ0) is 9.35. The lowest BCUT2D eigenvalue weighted by atomic mass is 9.87. The maximum atomic E-state index is 12.9. The van der Waals surface area contributed by atoms with Crippen LogP contribution in [0.4, 0.5) is 4.39 Å². The quantitative estimate of drug-likeness (QED) is 0.634. The Balaban J connectivity index is 3.14. The molecule has 0 aliphatic heterocycles. The Morgan fingerprint density at radius 1 is 1.25 bits per heavy atom. The Morgan fingerprint density at radius 2 is 1.83 bits per heavy atom. The summed E-state index contributed by atoms with van der Waals surface area (Å²) in [4.78, 5) is 0. The van der Waals surface area contributed by atoms with Crippen LogP contribution in [0.25, 0.3) is 0 Å². The fourth-order valence-electron chi connectivity index (χ4n) is 0.963. The minimum absolute atomic E-state index is 0.105. The van der Waals surface area contributed by atoms with Gasteiger partial charge in [-0.05, 0) is 45.7 Å². The van der Waals surface area contributed by atoms with E-state index in [1.54, 1.807) is 0 Å². The normalized spacial score (nSPS) is 11.8. The minimum atomic E-state index is -0.136. The maximum Gasteiger partial charge on any atom is 0.136 e. The van der Waals surface area contributed by atoms with Gasteiger partial charge in [-0.3, -0.25) is 0 Å². The summed E-state index contributed by atoms with van der Waals surface area (Å²) in [6.45, 7) is 6.36. The molecular weight excluding hydrogens is 266 g/mol. The van der Waals surface area contributed by atoms with Crippen molar-refractivity contribution in [1.82, 2.24) is 0 Å². The molecule has 0 fully saturated rings. The molecule has 0 unspecified atom stereocenters. The van der Waals surface area contributed by atoms with Crippen molar-refractivity contribution in [1.29, 1.82) is 0 Å². The number of hydrogen-bond donors (Lipinski definition) is 0. The van der Waals surface area contributed by atoms with Gasteiger partial charge in [0.15, 0.2) is 0 Å². The average molecular weight is 278 g/mol. The third-order valence-corrected chi connectivity index (χ3v) is 2.61. The highest BCUT2D eigenvalue weighted by atomic mass is 127. The van der Waals surface area contributed by atoms with Crippen LogP contribution < -0.4 is 0 Å². The highest BCUT2D eigenvalue weighted by Gasteiger charge is 2.14. The Bertz CT molecular complexity index is 286. The molecule has 1 aromatic rings. The summed E-state index contributed by atoms with van der Waals surface area (Å²) < 4.78 is 13.6. The molecule has 2 heteroatoms. The van der Waals surface area contributed by atoms with E-state index in [2.05, 4.69) is 20.8 Å². The molecule has 1 rings (SSSR count). The first-order valence-electron chi connectivity index (χ1n) is 3.87. The fourth-order valence-corrected chi connectivity index (χ4v) is 1.48. The van der Waals surface area contributed by atoms with Crippen molar-refractivity contribution >= 4 is 22.6 Å². The van der Waals surface area contributed by atoms with Crippen molar-refractivity contribution < 1.29 is 4.39 Å². The molecule has 0 aliphatic rings. The van der Waals surface area contributed by atoms with Crippen LogP contribution in [0.5, 0.6) is 0 Å². The molecule has 0 amide bonds. The Morgan fingerprint density at radius 3 is 2.25 bits per heavy atom. The van der Waals surface area contributed by atoms with E-state index in [0.717, 1.165) is 0 Å². The van der Waals surface area contributed by atoms with Gasteiger partial charge in [0.2, 0.25) is 0 Å². The van der Waals surface area contributed by atoms with E-state index in [4.69, 9.17) is 0 Å². The first kappa shape index (κ1) is 9.96. The first-order valence-corrected chi connectivity index (χ1v) is 4.94. The van der Waals surface area contributed by atoms with Crippen LogP contribution in [0.15, 0.2) is 18.2 Å². The lowest BCUT2D eigenvalue weighted by Crippen LogP contribution is -2.11. The van der Waals surface area contributed by atoms with Crippen molar-refractivity contribution in [3.8, 4) is 0 Å². The van der Waals surface area contributed by atoms with Crippen LogP contribution in [0.1, 0.15) is 26.3 Å². The van der Waals surface area contributed by atoms with Crippen molar-refractivity contribution in [3.63, 3.8) is 0 Å². The van der Waals surface area contributed by atoms with E-state index < -0.39 is 0 Å². The lowest BCUT2D eigenvalue weighted by Gasteiger charge is -2.19. The lowest BCUT2D eigenvalue weighted by molar-refractivity contribution is 0.580. The van der Waals surface area contributed by atoms with Gasteiger partial charge in [-0.1, -0.05) is 26.8 Å². The van der Waals surface area contributed by atoms with Crippen molar-refractivity contribution in [2.75, 3.05) is 0 Å². The molecule has 0 aliphatic carbocycles. The molecule has 0 saturated heterocycles. The van der Waals surface area contributed by atoms with Crippen molar-refractivity contribution in [2.24, 2.45) is 0 Å². The summed E-state index contributed by atoms with van der Waals surface area (Å²) >= 11 is 2.01. The van der Waals surface area contributed by atoms with E-state index >= 15 is 0 Å². The first-order chi connectivity index (χ1) is 5.41. The molecule has 0 aromatic heterocycles. The molecule has 0 radical (unpaired) electrons. The van der Waals surface area contributed by atoms with E-state index in [0.29, 0.717) is 3.57 Å². The van der Waals surface area contributed by atoms with Crippen molar-refractivity contribution in [3.05, 3.63) is 33.1 Å². The second kappa shape index (κ2) is 3.32. The van der Waals surface area contributed by atoms with Crippen LogP contribution in [0.3, 0.4) is 0 Å². The van der Waals surface area contributed by atoms with Gasteiger partial charge in [0.1, 0.15) is 5.82 Å². The van der Waals surface area contributed by atoms with Gasteiger partial charge >= 0.3 is 0 Å². The van der Waals surface area contributed by atoms with Crippen LogP contribution in [0, 0.1) is 9.39 Å². The SMILES string of the molecule is CC(C)(C)c1ccc(F)c(I)c1. The zero-order valence-corrected chi connectivity index (χ0v) is 9.65. The summed E-state index contributed by atoms with van der Waals surface area (Å²) in [6, 6.07) is 5.27. The van der Waals surface area contributed by atoms with Crippen molar-refractivity contribution in [2.45, 2.75) is 26.2 Å². The molecule has 0 spiro atoms. The Kier molecular flexibility index (Phi) is 2.76. The van der Waals surface area contributed by atoms with Crippen LogP contribution >= 0.6 is 22.6 Å². The van der Waals surface area contributed by atoms with Gasteiger partial charge in [-0.15, -0.1) is 0 Å². The summed E-state index contributed by atoms with van der Waals surface area (Å²) in [5.41, 5.74) is 1.28. The topological polar surface area (TPSA) is 0 Å². The predicted molar refractivity (Wildman–Crippen MR) is 57.8 cm³/mol. The predicted octanol–water partition coefficient (Wildman–Crippen LogP) is 3.73. The molecule has 0 heterocycles. The summed E-state index contributed by atoms with van der Waals surface area (Å²) in [6.07, 6.45) is 0. The van der Waals surface area contributed by atoms with Gasteiger partial charge < -0.3 is 0 Å². The second-order valence-corrected chi connectivity index (χ2v) is 5.04. The molecule has 0 saturated carbocycles. The molecule has 0 atom stereocenters. The highest BCUT2D eigenvalue weighted by molar-refractivity contribution is 14.1. The van der Waals surface area contributed by atoms with Gasteiger partial charge in [0.25, 0.3) is 0 Å². The molecule has 0 nitrogen and oxygen atoms in total. The second-order valence-electron chi connectivity index (χ2n) is 3.88. The highest BCUT2D eigenvalue weighted by Crippen LogP contribution is 2.24. The molecule has 12 heavy (non-hydrogen) atoms. The monoisotopic (exact) mass is 278 g/mol. The Hall–Kier alpha value is -0.120. The van der Waals surface area contributed by atoms with Crippen LogP contribution in [-0.4, -0.2) is 0 Å². The van der Waals surface area contributed by atoms with E-state index in [9.17, 15) is 4.39 Å². The number of hydrogen-bond acceptors (Lipinski definition) is 0.